The maximum absolute atomic E-state index is 11.2. The van der Waals surface area contributed by atoms with Crippen LogP contribution in [-0.2, 0) is 4.79 Å². The van der Waals surface area contributed by atoms with Crippen molar-refractivity contribution >= 4 is 29.1 Å². The Labute approximate surface area is 76.2 Å². The molecule has 0 radical (unpaired) electrons. The average molecular weight is 196 g/mol. The van der Waals surface area contributed by atoms with Crippen molar-refractivity contribution in [1.82, 2.24) is 5.32 Å². The molecule has 1 aliphatic rings. The predicted octanol–water partition coefficient (Wildman–Crippen LogP) is 1.70. The first-order valence-corrected chi connectivity index (χ1v) is 4.37. The first-order valence-electron chi connectivity index (χ1n) is 3.61. The van der Waals surface area contributed by atoms with Crippen LogP contribution >= 0.6 is 23.2 Å². The van der Waals surface area contributed by atoms with Crippen LogP contribution in [0.1, 0.15) is 20.3 Å². The molecule has 1 N–H and O–H groups in total. The van der Waals surface area contributed by atoms with Gasteiger partial charge in [-0.2, -0.15) is 0 Å². The van der Waals surface area contributed by atoms with Crippen molar-refractivity contribution < 1.29 is 4.79 Å². The minimum absolute atomic E-state index is 0.0370. The lowest BCUT2D eigenvalue weighted by Crippen LogP contribution is -2.32. The molecule has 0 aromatic rings. The van der Waals surface area contributed by atoms with Gasteiger partial charge >= 0.3 is 0 Å². The smallest absolute Gasteiger partial charge is 0.226 e. The second-order valence-corrected chi connectivity index (χ2v) is 4.72. The number of nitrogens with one attached hydrogen (secondary N) is 1. The highest BCUT2D eigenvalue weighted by molar-refractivity contribution is 6.52. The fraction of sp³-hybridized carbons (Fsp3) is 0.857. The van der Waals surface area contributed by atoms with E-state index in [1.807, 2.05) is 13.8 Å². The molecule has 1 amide bonds. The Balaban J connectivity index is 2.34. The van der Waals surface area contributed by atoms with Crippen LogP contribution in [0.25, 0.3) is 0 Å². The zero-order chi connectivity index (χ0) is 8.65. The summed E-state index contributed by atoms with van der Waals surface area (Å²) < 4.78 is -0.793. The molecule has 1 saturated carbocycles. The van der Waals surface area contributed by atoms with Gasteiger partial charge < -0.3 is 5.32 Å². The molecule has 64 valence electrons. The average Bonchev–Trinajstić information content (AvgIpc) is 2.38. The maximum Gasteiger partial charge on any atom is 0.226 e. The van der Waals surface area contributed by atoms with Gasteiger partial charge in [-0.1, -0.05) is 0 Å². The molecule has 0 aromatic heterocycles. The summed E-state index contributed by atoms with van der Waals surface area (Å²) in [7, 11) is 0. The highest BCUT2D eigenvalue weighted by Crippen LogP contribution is 2.53. The van der Waals surface area contributed by atoms with Crippen molar-refractivity contribution in [2.45, 2.75) is 30.6 Å². The van der Waals surface area contributed by atoms with Gasteiger partial charge in [0.05, 0.1) is 5.92 Å². The molecule has 1 rings (SSSR count). The molecule has 0 aliphatic heterocycles. The summed E-state index contributed by atoms with van der Waals surface area (Å²) in [6.07, 6.45) is 0.578. The molecule has 2 nitrogen and oxygen atoms in total. The Hall–Kier alpha value is 0.0500. The lowest BCUT2D eigenvalue weighted by atomic mass is 10.3. The highest BCUT2D eigenvalue weighted by atomic mass is 35.5. The second-order valence-electron chi connectivity index (χ2n) is 3.18. The van der Waals surface area contributed by atoms with E-state index in [1.165, 1.54) is 0 Å². The van der Waals surface area contributed by atoms with Crippen LogP contribution in [0.3, 0.4) is 0 Å². The topological polar surface area (TPSA) is 29.1 Å². The molecule has 11 heavy (non-hydrogen) atoms. The van der Waals surface area contributed by atoms with Crippen LogP contribution < -0.4 is 5.32 Å². The fourth-order valence-electron chi connectivity index (χ4n) is 0.883. The number of rotatable bonds is 2. The Morgan fingerprint density at radius 2 is 2.09 bits per heavy atom. The molecule has 0 aromatic carbocycles. The normalized spacial score (nSPS) is 26.8. The third-order valence-corrected chi connectivity index (χ3v) is 2.41. The second kappa shape index (κ2) is 2.83. The summed E-state index contributed by atoms with van der Waals surface area (Å²) in [5, 5.41) is 2.75. The van der Waals surface area contributed by atoms with E-state index in [4.69, 9.17) is 23.2 Å². The van der Waals surface area contributed by atoms with Gasteiger partial charge in [0, 0.05) is 6.04 Å². The summed E-state index contributed by atoms with van der Waals surface area (Å²) >= 11 is 11.4. The zero-order valence-corrected chi connectivity index (χ0v) is 8.04. The van der Waals surface area contributed by atoms with Crippen molar-refractivity contribution in [3.63, 3.8) is 0 Å². The highest BCUT2D eigenvalue weighted by Gasteiger charge is 2.56. The molecule has 1 atom stereocenters. The van der Waals surface area contributed by atoms with E-state index in [1.54, 1.807) is 0 Å². The van der Waals surface area contributed by atoms with E-state index in [0.717, 1.165) is 0 Å². The van der Waals surface area contributed by atoms with Crippen LogP contribution in [0.4, 0.5) is 0 Å². The van der Waals surface area contributed by atoms with Crippen LogP contribution in [0.5, 0.6) is 0 Å². The third-order valence-electron chi connectivity index (χ3n) is 1.57. The van der Waals surface area contributed by atoms with Crippen molar-refractivity contribution in [3.05, 3.63) is 0 Å². The predicted molar refractivity (Wildman–Crippen MR) is 45.8 cm³/mol. The molecular formula is C7H11Cl2NO. The number of alkyl halides is 2. The summed E-state index contributed by atoms with van der Waals surface area (Å²) in [6.45, 7) is 3.81. The SMILES string of the molecule is CC(C)NC(=O)C1CC1(Cl)Cl. The van der Waals surface area contributed by atoms with Crippen molar-refractivity contribution in [2.75, 3.05) is 0 Å². The number of carbonyl (C=O) groups is 1. The molecule has 0 bridgehead atoms. The molecule has 0 saturated heterocycles. The minimum Gasteiger partial charge on any atom is -0.354 e. The van der Waals surface area contributed by atoms with Gasteiger partial charge in [0.25, 0.3) is 0 Å². The van der Waals surface area contributed by atoms with E-state index in [-0.39, 0.29) is 17.9 Å². The lowest BCUT2D eigenvalue weighted by Gasteiger charge is -2.07. The van der Waals surface area contributed by atoms with Gasteiger partial charge in [-0.3, -0.25) is 4.79 Å². The van der Waals surface area contributed by atoms with Gasteiger partial charge in [0.1, 0.15) is 4.33 Å². The van der Waals surface area contributed by atoms with Crippen LogP contribution in [0.15, 0.2) is 0 Å². The van der Waals surface area contributed by atoms with Crippen molar-refractivity contribution in [1.29, 1.82) is 0 Å². The summed E-state index contributed by atoms with van der Waals surface area (Å²) in [5.74, 6) is -0.238. The first kappa shape index (κ1) is 9.14. The fourth-order valence-corrected chi connectivity index (χ4v) is 1.39. The van der Waals surface area contributed by atoms with Gasteiger partial charge in [0.15, 0.2) is 0 Å². The Kier molecular flexibility index (Phi) is 2.35. The standard InChI is InChI=1S/C7H11Cl2NO/c1-4(2)10-6(11)5-3-7(5,8)9/h4-5H,3H2,1-2H3,(H,10,11). The van der Waals surface area contributed by atoms with E-state index >= 15 is 0 Å². The lowest BCUT2D eigenvalue weighted by molar-refractivity contribution is -0.122. The van der Waals surface area contributed by atoms with Crippen molar-refractivity contribution in [2.24, 2.45) is 5.92 Å². The molecule has 0 heterocycles. The molecular weight excluding hydrogens is 185 g/mol. The number of amides is 1. The molecule has 1 fully saturated rings. The van der Waals surface area contributed by atoms with Crippen molar-refractivity contribution in [3.8, 4) is 0 Å². The summed E-state index contributed by atoms with van der Waals surface area (Å²) in [6, 6.07) is 0.159. The molecule has 4 heteroatoms. The zero-order valence-electron chi connectivity index (χ0n) is 6.53. The summed E-state index contributed by atoms with van der Waals surface area (Å²) in [4.78, 5) is 11.2. The Morgan fingerprint density at radius 1 is 1.64 bits per heavy atom. The quantitative estimate of drug-likeness (QED) is 0.669. The van der Waals surface area contributed by atoms with Crippen LogP contribution in [0, 0.1) is 5.92 Å². The van der Waals surface area contributed by atoms with Crippen LogP contribution in [0.2, 0.25) is 0 Å². The van der Waals surface area contributed by atoms with Crippen LogP contribution in [-0.4, -0.2) is 16.3 Å². The summed E-state index contributed by atoms with van der Waals surface area (Å²) in [5.41, 5.74) is 0. The third kappa shape index (κ3) is 2.24. The maximum atomic E-state index is 11.2. The number of halogens is 2. The van der Waals surface area contributed by atoms with Gasteiger partial charge in [-0.05, 0) is 20.3 Å². The monoisotopic (exact) mass is 195 g/mol. The molecule has 1 unspecified atom stereocenters. The molecule has 0 spiro atoms. The van der Waals surface area contributed by atoms with E-state index < -0.39 is 4.33 Å². The van der Waals surface area contributed by atoms with Gasteiger partial charge in [0.2, 0.25) is 5.91 Å². The Morgan fingerprint density at radius 3 is 2.36 bits per heavy atom. The minimum atomic E-state index is -0.793. The van der Waals surface area contributed by atoms with E-state index in [9.17, 15) is 4.79 Å². The van der Waals surface area contributed by atoms with E-state index in [0.29, 0.717) is 6.42 Å². The van der Waals surface area contributed by atoms with E-state index in [2.05, 4.69) is 5.32 Å². The van der Waals surface area contributed by atoms with Gasteiger partial charge in [-0.25, -0.2) is 0 Å². The first-order chi connectivity index (χ1) is 4.93. The van der Waals surface area contributed by atoms with Gasteiger partial charge in [-0.15, -0.1) is 23.2 Å². The largest absolute Gasteiger partial charge is 0.354 e. The molecule has 1 aliphatic carbocycles. The number of hydrogen-bond acceptors (Lipinski definition) is 1. The number of hydrogen-bond donors (Lipinski definition) is 1. The number of carbonyl (C=O) groups excluding carboxylic acids is 1. The Bertz CT molecular complexity index is 179.